The van der Waals surface area contributed by atoms with Gasteiger partial charge in [-0.25, -0.2) is 4.79 Å². The van der Waals surface area contributed by atoms with E-state index in [4.69, 9.17) is 18.9 Å². The van der Waals surface area contributed by atoms with Crippen LogP contribution in [0.2, 0.25) is 0 Å². The quantitative estimate of drug-likeness (QED) is 0.392. The highest BCUT2D eigenvalue weighted by Gasteiger charge is 2.80. The standard InChI is InChI=1S/C18H19BrO6/c1-3-22-16(21)10-8(2)25-15-12(10)13-11(14(15)20)9-4-5-17(13,19)18(9)23-6-7-24-18/h4-5,9,11-13,15H,3,6-7H2,1-2H3/t9-,11+,12+,13-,15+,17-/m0/s1. The Bertz CT molecular complexity index is 736. The second kappa shape index (κ2) is 4.96. The van der Waals surface area contributed by atoms with E-state index in [2.05, 4.69) is 15.9 Å². The molecule has 2 saturated carbocycles. The zero-order valence-corrected chi connectivity index (χ0v) is 15.6. The van der Waals surface area contributed by atoms with Crippen molar-refractivity contribution in [2.75, 3.05) is 19.8 Å². The van der Waals surface area contributed by atoms with Gasteiger partial charge in [-0.1, -0.05) is 28.1 Å². The molecule has 6 nitrogen and oxygen atoms in total. The van der Waals surface area contributed by atoms with Crippen molar-refractivity contribution in [3.05, 3.63) is 23.5 Å². The van der Waals surface area contributed by atoms with Gasteiger partial charge in [-0.3, -0.25) is 4.79 Å². The smallest absolute Gasteiger partial charge is 0.337 e. The van der Waals surface area contributed by atoms with Crippen LogP contribution in [0.25, 0.3) is 0 Å². The topological polar surface area (TPSA) is 71.1 Å². The van der Waals surface area contributed by atoms with Gasteiger partial charge in [0.2, 0.25) is 0 Å². The lowest BCUT2D eigenvalue weighted by atomic mass is 9.77. The molecule has 3 fully saturated rings. The third-order valence-corrected chi connectivity index (χ3v) is 7.67. The van der Waals surface area contributed by atoms with E-state index >= 15 is 0 Å². The van der Waals surface area contributed by atoms with Gasteiger partial charge in [-0.2, -0.15) is 0 Å². The van der Waals surface area contributed by atoms with E-state index in [9.17, 15) is 9.59 Å². The average Bonchev–Trinajstić information content (AvgIpc) is 3.32. The van der Waals surface area contributed by atoms with Crippen molar-refractivity contribution < 1.29 is 28.5 Å². The van der Waals surface area contributed by atoms with Crippen LogP contribution >= 0.6 is 15.9 Å². The van der Waals surface area contributed by atoms with Crippen molar-refractivity contribution in [1.29, 1.82) is 0 Å². The number of carbonyl (C=O) groups is 2. The number of carbonyl (C=O) groups excluding carboxylic acids is 2. The zero-order chi connectivity index (χ0) is 17.6. The summed E-state index contributed by atoms with van der Waals surface area (Å²) >= 11 is 3.86. The highest BCUT2D eigenvalue weighted by Crippen LogP contribution is 2.71. The second-order valence-corrected chi connectivity index (χ2v) is 8.54. The summed E-state index contributed by atoms with van der Waals surface area (Å²) < 4.78 is 22.5. The predicted molar refractivity (Wildman–Crippen MR) is 88.6 cm³/mol. The monoisotopic (exact) mass is 410 g/mol. The fourth-order valence-corrected chi connectivity index (χ4v) is 6.82. The Morgan fingerprint density at radius 3 is 2.76 bits per heavy atom. The minimum atomic E-state index is -0.862. The first-order valence-electron chi connectivity index (χ1n) is 8.70. The van der Waals surface area contributed by atoms with E-state index < -0.39 is 22.2 Å². The predicted octanol–water partition coefficient (Wildman–Crippen LogP) is 1.73. The van der Waals surface area contributed by atoms with Gasteiger partial charge in [0.05, 0.1) is 25.4 Å². The minimum absolute atomic E-state index is 0.0304. The van der Waals surface area contributed by atoms with Crippen molar-refractivity contribution in [3.8, 4) is 0 Å². The molecule has 25 heavy (non-hydrogen) atoms. The van der Waals surface area contributed by atoms with Crippen molar-refractivity contribution in [1.82, 2.24) is 0 Å². The van der Waals surface area contributed by atoms with Crippen LogP contribution in [0.15, 0.2) is 23.5 Å². The molecule has 6 atom stereocenters. The summed E-state index contributed by atoms with van der Waals surface area (Å²) in [5.74, 6) is -1.68. The number of esters is 1. The van der Waals surface area contributed by atoms with Crippen LogP contribution in [-0.2, 0) is 28.5 Å². The number of hydrogen-bond donors (Lipinski definition) is 0. The Hall–Kier alpha value is -1.18. The summed E-state index contributed by atoms with van der Waals surface area (Å²) in [7, 11) is 0. The second-order valence-electron chi connectivity index (χ2n) is 7.23. The lowest BCUT2D eigenvalue weighted by Crippen LogP contribution is -2.51. The molecule has 0 radical (unpaired) electrons. The molecular weight excluding hydrogens is 392 g/mol. The molecule has 7 heteroatoms. The maximum Gasteiger partial charge on any atom is 0.337 e. The minimum Gasteiger partial charge on any atom is -0.486 e. The van der Waals surface area contributed by atoms with Gasteiger partial charge in [0.25, 0.3) is 0 Å². The largest absolute Gasteiger partial charge is 0.486 e. The molecule has 0 aromatic carbocycles. The molecule has 5 rings (SSSR count). The number of alkyl halides is 1. The van der Waals surface area contributed by atoms with Crippen LogP contribution in [0, 0.1) is 23.7 Å². The molecule has 1 saturated heterocycles. The Morgan fingerprint density at radius 2 is 2.08 bits per heavy atom. The maximum atomic E-state index is 13.1. The molecule has 3 aliphatic carbocycles. The van der Waals surface area contributed by atoms with Crippen LogP contribution < -0.4 is 0 Å². The average molecular weight is 411 g/mol. The first-order valence-corrected chi connectivity index (χ1v) is 9.50. The molecule has 1 spiro atoms. The number of ketones is 1. The van der Waals surface area contributed by atoms with Crippen molar-refractivity contribution >= 4 is 27.7 Å². The van der Waals surface area contributed by atoms with Crippen LogP contribution in [0.1, 0.15) is 13.8 Å². The molecular formula is C18H19BrO6. The number of allylic oxidation sites excluding steroid dienone is 1. The molecule has 2 heterocycles. The van der Waals surface area contributed by atoms with Gasteiger partial charge in [-0.15, -0.1) is 0 Å². The molecule has 0 amide bonds. The van der Waals surface area contributed by atoms with Crippen LogP contribution in [0.3, 0.4) is 0 Å². The Morgan fingerprint density at radius 1 is 1.36 bits per heavy atom. The van der Waals surface area contributed by atoms with E-state index in [1.165, 1.54) is 0 Å². The summed E-state index contributed by atoms with van der Waals surface area (Å²) in [6.07, 6.45) is 3.43. The van der Waals surface area contributed by atoms with Gasteiger partial charge in [-0.05, 0) is 13.8 Å². The van der Waals surface area contributed by atoms with E-state index in [1.54, 1.807) is 13.8 Å². The third kappa shape index (κ3) is 1.63. The van der Waals surface area contributed by atoms with Crippen LogP contribution in [0.4, 0.5) is 0 Å². The Balaban J connectivity index is 1.62. The fraction of sp³-hybridized carbons (Fsp3) is 0.667. The van der Waals surface area contributed by atoms with Crippen LogP contribution in [0.5, 0.6) is 0 Å². The molecule has 2 bridgehead atoms. The summed E-state index contributed by atoms with van der Waals surface area (Å²) in [6.45, 7) is 4.79. The summed E-state index contributed by atoms with van der Waals surface area (Å²) in [5.41, 5.74) is 0.487. The zero-order valence-electron chi connectivity index (χ0n) is 14.0. The number of fused-ring (bicyclic) bond motifs is 5. The number of rotatable bonds is 2. The normalized spacial score (nSPS) is 45.2. The van der Waals surface area contributed by atoms with Gasteiger partial charge < -0.3 is 18.9 Å². The lowest BCUT2D eigenvalue weighted by molar-refractivity contribution is -0.181. The Labute approximate surface area is 153 Å². The molecule has 0 aromatic rings. The third-order valence-electron chi connectivity index (χ3n) is 6.33. The first kappa shape index (κ1) is 16.0. The maximum absolute atomic E-state index is 13.1. The summed E-state index contributed by atoms with van der Waals surface area (Å²) in [5, 5.41) is 0. The van der Waals surface area contributed by atoms with E-state index in [0.29, 0.717) is 24.5 Å². The molecule has 0 aromatic heterocycles. The molecule has 5 aliphatic rings. The highest BCUT2D eigenvalue weighted by molar-refractivity contribution is 9.10. The fourth-order valence-electron chi connectivity index (χ4n) is 5.60. The van der Waals surface area contributed by atoms with Gasteiger partial charge in [0.1, 0.15) is 10.1 Å². The van der Waals surface area contributed by atoms with Crippen molar-refractivity contribution in [2.45, 2.75) is 30.1 Å². The highest BCUT2D eigenvalue weighted by atomic mass is 79.9. The number of hydrogen-bond acceptors (Lipinski definition) is 6. The number of Topliss-reactive ketones (excluding diaryl/α,β-unsaturated/α-hetero) is 1. The van der Waals surface area contributed by atoms with E-state index in [-0.39, 0.29) is 36.1 Å². The summed E-state index contributed by atoms with van der Waals surface area (Å²) in [6, 6.07) is 0. The number of halogens is 1. The van der Waals surface area contributed by atoms with Crippen molar-refractivity contribution in [2.24, 2.45) is 23.7 Å². The van der Waals surface area contributed by atoms with Gasteiger partial charge >= 0.3 is 5.97 Å². The lowest BCUT2D eigenvalue weighted by Gasteiger charge is -2.38. The summed E-state index contributed by atoms with van der Waals surface area (Å²) in [4.78, 5) is 25.7. The van der Waals surface area contributed by atoms with E-state index in [1.807, 2.05) is 12.2 Å². The molecule has 0 N–H and O–H groups in total. The van der Waals surface area contributed by atoms with Crippen molar-refractivity contribution in [3.63, 3.8) is 0 Å². The first-order chi connectivity index (χ1) is 12.0. The Kier molecular flexibility index (Phi) is 3.18. The number of ether oxygens (including phenoxy) is 4. The molecule has 134 valence electrons. The molecule has 2 aliphatic heterocycles. The van der Waals surface area contributed by atoms with Crippen LogP contribution in [-0.4, -0.2) is 47.8 Å². The van der Waals surface area contributed by atoms with Gasteiger partial charge in [0.15, 0.2) is 17.7 Å². The van der Waals surface area contributed by atoms with Gasteiger partial charge in [0, 0.05) is 23.7 Å². The van der Waals surface area contributed by atoms with E-state index in [0.717, 1.165) is 0 Å². The molecule has 0 unspecified atom stereocenters. The SMILES string of the molecule is CCOC(=O)C1=C(C)O[C@H]2C(=O)[C@H]3[C@@H]([C@@H]12)[C@@]1(Br)C=C[C@@H]3C12OCCO2.